The Balaban J connectivity index is 2.46. The highest BCUT2D eigenvalue weighted by atomic mass is 79.9. The average molecular weight is 370 g/mol. The molecule has 21 heavy (non-hydrogen) atoms. The van der Waals surface area contributed by atoms with Gasteiger partial charge in [0, 0.05) is 4.47 Å². The lowest BCUT2D eigenvalue weighted by atomic mass is 10.2. The third-order valence-electron chi connectivity index (χ3n) is 3.24. The van der Waals surface area contributed by atoms with Crippen LogP contribution in [-0.2, 0) is 16.6 Å². The Bertz CT molecular complexity index is 772. The number of aryl methyl sites for hydroxylation is 1. The van der Waals surface area contributed by atoms with Gasteiger partial charge in [-0.15, -0.1) is 0 Å². The second-order valence-electron chi connectivity index (χ2n) is 4.78. The third-order valence-corrected chi connectivity index (χ3v) is 5.60. The number of nitrogens with one attached hydrogen (secondary N) is 1. The van der Waals surface area contributed by atoms with E-state index in [1.165, 1.54) is 6.07 Å². The highest BCUT2D eigenvalue weighted by molar-refractivity contribution is 9.10. The van der Waals surface area contributed by atoms with E-state index in [-0.39, 0.29) is 11.5 Å². The zero-order chi connectivity index (χ0) is 15.6. The molecule has 2 N–H and O–H groups in total. The van der Waals surface area contributed by atoms with Crippen LogP contribution < -0.4 is 4.72 Å². The van der Waals surface area contributed by atoms with Crippen LogP contribution in [0.4, 0.5) is 5.69 Å². The molecule has 0 amide bonds. The van der Waals surface area contributed by atoms with Gasteiger partial charge in [0.05, 0.1) is 17.2 Å². The number of hydrogen-bond donors (Lipinski definition) is 2. The van der Waals surface area contributed by atoms with Crippen LogP contribution in [0.2, 0.25) is 0 Å². The van der Waals surface area contributed by atoms with Crippen LogP contribution in [-0.4, -0.2) is 13.5 Å². The second kappa shape index (κ2) is 6.17. The summed E-state index contributed by atoms with van der Waals surface area (Å²) >= 11 is 3.38. The van der Waals surface area contributed by atoms with Crippen molar-refractivity contribution >= 4 is 31.6 Å². The average Bonchev–Trinajstić information content (AvgIpc) is 2.44. The van der Waals surface area contributed by atoms with E-state index in [4.69, 9.17) is 5.11 Å². The number of hydrogen-bond acceptors (Lipinski definition) is 3. The van der Waals surface area contributed by atoms with E-state index in [0.717, 1.165) is 10.0 Å². The van der Waals surface area contributed by atoms with E-state index in [0.29, 0.717) is 16.8 Å². The minimum Gasteiger partial charge on any atom is -0.392 e. The molecule has 112 valence electrons. The standard InChI is InChI=1S/C15H16BrNO3S/c1-10-6-7-12(9-18)8-15(10)21(19,20)17-14-5-3-4-13(16)11(14)2/h3-8,17-18H,9H2,1-2H3. The van der Waals surface area contributed by atoms with Crippen LogP contribution in [0.15, 0.2) is 45.8 Å². The molecule has 6 heteroatoms. The Morgan fingerprint density at radius 3 is 2.57 bits per heavy atom. The highest BCUT2D eigenvalue weighted by Crippen LogP contribution is 2.27. The summed E-state index contributed by atoms with van der Waals surface area (Å²) in [5.41, 5.74) is 2.54. The molecule has 2 aromatic rings. The Hall–Kier alpha value is -1.37. The first-order valence-corrected chi connectivity index (χ1v) is 8.61. The summed E-state index contributed by atoms with van der Waals surface area (Å²) in [7, 11) is -3.70. The summed E-state index contributed by atoms with van der Waals surface area (Å²) in [5, 5.41) is 9.17. The fraction of sp³-hybridized carbons (Fsp3) is 0.200. The Morgan fingerprint density at radius 2 is 1.90 bits per heavy atom. The van der Waals surface area contributed by atoms with Gasteiger partial charge in [0.15, 0.2) is 0 Å². The van der Waals surface area contributed by atoms with Gasteiger partial charge < -0.3 is 5.11 Å². The number of anilines is 1. The molecule has 2 rings (SSSR count). The molecule has 0 fully saturated rings. The van der Waals surface area contributed by atoms with Crippen molar-refractivity contribution in [2.75, 3.05) is 4.72 Å². The SMILES string of the molecule is Cc1ccc(CO)cc1S(=O)(=O)Nc1cccc(Br)c1C. The molecule has 0 saturated carbocycles. The van der Waals surface area contributed by atoms with Gasteiger partial charge in [-0.2, -0.15) is 0 Å². The first-order chi connectivity index (χ1) is 9.85. The molecule has 0 aliphatic carbocycles. The molecule has 0 aliphatic heterocycles. The minimum atomic E-state index is -3.70. The highest BCUT2D eigenvalue weighted by Gasteiger charge is 2.18. The molecular weight excluding hydrogens is 354 g/mol. The lowest BCUT2D eigenvalue weighted by molar-refractivity contribution is 0.281. The fourth-order valence-corrected chi connectivity index (χ4v) is 3.74. The van der Waals surface area contributed by atoms with Crippen molar-refractivity contribution in [1.82, 2.24) is 0 Å². The van der Waals surface area contributed by atoms with Crippen molar-refractivity contribution in [3.63, 3.8) is 0 Å². The van der Waals surface area contributed by atoms with Gasteiger partial charge in [-0.3, -0.25) is 4.72 Å². The van der Waals surface area contributed by atoms with Gasteiger partial charge in [0.1, 0.15) is 0 Å². The van der Waals surface area contributed by atoms with Crippen LogP contribution in [0, 0.1) is 13.8 Å². The van der Waals surface area contributed by atoms with Crippen molar-refractivity contribution < 1.29 is 13.5 Å². The summed E-state index contributed by atoms with van der Waals surface area (Å²) in [4.78, 5) is 0.174. The fourth-order valence-electron chi connectivity index (χ4n) is 1.95. The maximum absolute atomic E-state index is 12.5. The van der Waals surface area contributed by atoms with Crippen molar-refractivity contribution in [1.29, 1.82) is 0 Å². The van der Waals surface area contributed by atoms with Crippen molar-refractivity contribution in [2.45, 2.75) is 25.3 Å². The number of aliphatic hydroxyl groups is 1. The molecule has 0 aliphatic rings. The first-order valence-electron chi connectivity index (χ1n) is 6.33. The van der Waals surface area contributed by atoms with Crippen LogP contribution in [0.3, 0.4) is 0 Å². The number of aliphatic hydroxyl groups excluding tert-OH is 1. The largest absolute Gasteiger partial charge is 0.392 e. The summed E-state index contributed by atoms with van der Waals surface area (Å²) in [6, 6.07) is 10.2. The van der Waals surface area contributed by atoms with Gasteiger partial charge >= 0.3 is 0 Å². The van der Waals surface area contributed by atoms with Crippen LogP contribution in [0.25, 0.3) is 0 Å². The molecule has 2 aromatic carbocycles. The monoisotopic (exact) mass is 369 g/mol. The van der Waals surface area contributed by atoms with Crippen LogP contribution in [0.1, 0.15) is 16.7 Å². The Labute approximate surface area is 133 Å². The zero-order valence-electron chi connectivity index (χ0n) is 11.7. The Kier molecular flexibility index (Phi) is 4.70. The molecule has 0 spiro atoms. The number of benzene rings is 2. The van der Waals surface area contributed by atoms with Crippen LogP contribution in [0.5, 0.6) is 0 Å². The molecule has 0 bridgehead atoms. The van der Waals surface area contributed by atoms with Gasteiger partial charge in [-0.25, -0.2) is 8.42 Å². The van der Waals surface area contributed by atoms with Crippen molar-refractivity contribution in [3.8, 4) is 0 Å². The summed E-state index contributed by atoms with van der Waals surface area (Å²) in [6.45, 7) is 3.36. The topological polar surface area (TPSA) is 66.4 Å². The normalized spacial score (nSPS) is 11.4. The summed E-state index contributed by atoms with van der Waals surface area (Å²) < 4.78 is 28.5. The van der Waals surface area contributed by atoms with E-state index >= 15 is 0 Å². The van der Waals surface area contributed by atoms with Crippen molar-refractivity contribution in [2.24, 2.45) is 0 Å². The molecule has 0 aromatic heterocycles. The molecular formula is C15H16BrNO3S. The molecule has 0 saturated heterocycles. The maximum atomic E-state index is 12.5. The van der Waals surface area contributed by atoms with Gasteiger partial charge in [0.2, 0.25) is 0 Å². The zero-order valence-corrected chi connectivity index (χ0v) is 14.1. The van der Waals surface area contributed by atoms with Gasteiger partial charge in [-0.1, -0.05) is 34.1 Å². The van der Waals surface area contributed by atoms with Crippen LogP contribution >= 0.6 is 15.9 Å². The molecule has 0 radical (unpaired) electrons. The maximum Gasteiger partial charge on any atom is 0.262 e. The smallest absolute Gasteiger partial charge is 0.262 e. The lowest BCUT2D eigenvalue weighted by Crippen LogP contribution is -2.15. The van der Waals surface area contributed by atoms with E-state index in [2.05, 4.69) is 20.7 Å². The van der Waals surface area contributed by atoms with Gasteiger partial charge in [-0.05, 0) is 48.7 Å². The minimum absolute atomic E-state index is 0.174. The van der Waals surface area contributed by atoms with E-state index in [9.17, 15) is 8.42 Å². The molecule has 0 unspecified atom stereocenters. The van der Waals surface area contributed by atoms with E-state index in [1.807, 2.05) is 13.0 Å². The van der Waals surface area contributed by atoms with E-state index < -0.39 is 10.0 Å². The summed E-state index contributed by atoms with van der Waals surface area (Å²) in [5.74, 6) is 0. The predicted octanol–water partition coefficient (Wildman–Crippen LogP) is 3.36. The van der Waals surface area contributed by atoms with E-state index in [1.54, 1.807) is 31.2 Å². The Morgan fingerprint density at radius 1 is 1.19 bits per heavy atom. The van der Waals surface area contributed by atoms with Crippen molar-refractivity contribution in [3.05, 3.63) is 57.6 Å². The third kappa shape index (κ3) is 3.45. The quantitative estimate of drug-likeness (QED) is 0.867. The second-order valence-corrected chi connectivity index (χ2v) is 7.28. The molecule has 0 atom stereocenters. The molecule has 4 nitrogen and oxygen atoms in total. The number of sulfonamides is 1. The summed E-state index contributed by atoms with van der Waals surface area (Å²) in [6.07, 6.45) is 0. The van der Waals surface area contributed by atoms with Gasteiger partial charge in [0.25, 0.3) is 10.0 Å². The lowest BCUT2D eigenvalue weighted by Gasteiger charge is -2.14. The first kappa shape index (κ1) is 16.0. The predicted molar refractivity (Wildman–Crippen MR) is 86.8 cm³/mol. The number of halogens is 1. The molecule has 0 heterocycles. The number of rotatable bonds is 4.